The molecule has 0 bridgehead atoms. The van der Waals surface area contributed by atoms with E-state index >= 15 is 0 Å². The van der Waals surface area contributed by atoms with E-state index in [9.17, 15) is 18.3 Å². The van der Waals surface area contributed by atoms with Crippen LogP contribution in [0.15, 0.2) is 6.07 Å². The molecule has 2 nitrogen and oxygen atoms in total. The minimum atomic E-state index is -4.81. The van der Waals surface area contributed by atoms with Crippen LogP contribution in [-0.2, 0) is 5.60 Å². The van der Waals surface area contributed by atoms with Crippen molar-refractivity contribution in [1.29, 1.82) is 0 Å². The van der Waals surface area contributed by atoms with E-state index in [2.05, 4.69) is 0 Å². The molecule has 120 valence electrons. The maximum atomic E-state index is 13.4. The van der Waals surface area contributed by atoms with E-state index in [-0.39, 0.29) is 28.5 Å². The van der Waals surface area contributed by atoms with Gasteiger partial charge in [0.1, 0.15) is 5.75 Å². The van der Waals surface area contributed by atoms with Crippen LogP contribution < -0.4 is 4.74 Å². The summed E-state index contributed by atoms with van der Waals surface area (Å²) in [7, 11) is 0. The largest absolute Gasteiger partial charge is 0.493 e. The molecule has 1 unspecified atom stereocenters. The summed E-state index contributed by atoms with van der Waals surface area (Å²) in [5, 5.41) is 10.5. The van der Waals surface area contributed by atoms with Crippen molar-refractivity contribution in [2.45, 2.75) is 52.3 Å². The highest BCUT2D eigenvalue weighted by Gasteiger charge is 2.55. The van der Waals surface area contributed by atoms with Crippen molar-refractivity contribution in [3.05, 3.63) is 27.8 Å². The van der Waals surface area contributed by atoms with E-state index < -0.39 is 18.2 Å². The number of hydrogen-bond acceptors (Lipinski definition) is 2. The van der Waals surface area contributed by atoms with Crippen molar-refractivity contribution >= 4 is 11.6 Å². The summed E-state index contributed by atoms with van der Waals surface area (Å²) >= 11 is 6.07. The predicted molar refractivity (Wildman–Crippen MR) is 77.0 cm³/mol. The fourth-order valence-electron chi connectivity index (χ4n) is 2.28. The van der Waals surface area contributed by atoms with Crippen LogP contribution in [0.3, 0.4) is 0 Å². The molecule has 1 aromatic carbocycles. The third-order valence-electron chi connectivity index (χ3n) is 3.50. The van der Waals surface area contributed by atoms with Gasteiger partial charge in [-0.2, -0.15) is 13.2 Å². The van der Waals surface area contributed by atoms with Crippen molar-refractivity contribution in [3.8, 4) is 5.75 Å². The molecule has 0 radical (unpaired) electrons. The number of halogens is 4. The molecule has 1 N–H and O–H groups in total. The van der Waals surface area contributed by atoms with Crippen LogP contribution in [0.2, 0.25) is 5.02 Å². The van der Waals surface area contributed by atoms with Gasteiger partial charge in [0.25, 0.3) is 0 Å². The Morgan fingerprint density at radius 3 is 2.24 bits per heavy atom. The van der Waals surface area contributed by atoms with Crippen LogP contribution in [0.1, 0.15) is 43.4 Å². The molecule has 1 atom stereocenters. The van der Waals surface area contributed by atoms with Gasteiger partial charge in [-0.15, -0.1) is 0 Å². The first-order valence-corrected chi connectivity index (χ1v) is 7.20. The van der Waals surface area contributed by atoms with Crippen LogP contribution in [0.5, 0.6) is 5.75 Å². The lowest BCUT2D eigenvalue weighted by Crippen LogP contribution is -2.42. The number of benzene rings is 1. The zero-order valence-electron chi connectivity index (χ0n) is 12.6. The standard InChI is InChI=1S/C15H20ClF3O2/c1-5-7-21-11-8-9(3)13(16)10(4)12(11)14(20,6-2)15(17,18)19/h8,20H,5-7H2,1-4H3. The van der Waals surface area contributed by atoms with Gasteiger partial charge in [0, 0.05) is 10.6 Å². The molecule has 0 saturated carbocycles. The number of ether oxygens (including phenoxy) is 1. The first-order valence-electron chi connectivity index (χ1n) is 6.82. The first-order chi connectivity index (χ1) is 9.60. The molecular weight excluding hydrogens is 305 g/mol. The Kier molecular flexibility index (Phi) is 5.56. The van der Waals surface area contributed by atoms with Crippen molar-refractivity contribution in [3.63, 3.8) is 0 Å². The van der Waals surface area contributed by atoms with Gasteiger partial charge in [-0.05, 0) is 43.9 Å². The third kappa shape index (κ3) is 3.29. The second kappa shape index (κ2) is 6.44. The van der Waals surface area contributed by atoms with Gasteiger partial charge >= 0.3 is 6.18 Å². The average molecular weight is 325 g/mol. The van der Waals surface area contributed by atoms with Crippen LogP contribution in [-0.4, -0.2) is 17.9 Å². The molecule has 1 aromatic rings. The summed E-state index contributed by atoms with van der Waals surface area (Å²) in [4.78, 5) is 0. The van der Waals surface area contributed by atoms with Gasteiger partial charge in [-0.1, -0.05) is 25.4 Å². The second-order valence-corrected chi connectivity index (χ2v) is 5.44. The predicted octanol–water partition coefficient (Wildman–Crippen LogP) is 4.91. The number of aryl methyl sites for hydroxylation is 1. The quantitative estimate of drug-likeness (QED) is 0.834. The first kappa shape index (κ1) is 18.1. The third-order valence-corrected chi connectivity index (χ3v) is 4.08. The molecular formula is C15H20ClF3O2. The molecule has 0 amide bonds. The molecule has 0 aromatic heterocycles. The monoisotopic (exact) mass is 324 g/mol. The van der Waals surface area contributed by atoms with E-state index in [1.807, 2.05) is 6.92 Å². The normalized spacial score (nSPS) is 14.9. The Bertz CT molecular complexity index is 515. The molecule has 1 rings (SSSR count). The zero-order valence-corrected chi connectivity index (χ0v) is 13.3. The average Bonchev–Trinajstić information content (AvgIpc) is 2.40. The summed E-state index contributed by atoms with van der Waals surface area (Å²) in [6.45, 7) is 6.56. The van der Waals surface area contributed by atoms with Gasteiger partial charge < -0.3 is 9.84 Å². The molecule has 0 aliphatic carbocycles. The lowest BCUT2D eigenvalue weighted by atomic mass is 9.85. The van der Waals surface area contributed by atoms with Crippen molar-refractivity contribution in [2.75, 3.05) is 6.61 Å². The highest BCUT2D eigenvalue weighted by atomic mass is 35.5. The van der Waals surface area contributed by atoms with E-state index in [0.29, 0.717) is 12.0 Å². The zero-order chi connectivity index (χ0) is 16.4. The molecule has 0 saturated heterocycles. The maximum Gasteiger partial charge on any atom is 0.421 e. The van der Waals surface area contributed by atoms with Gasteiger partial charge in [-0.3, -0.25) is 0 Å². The summed E-state index contributed by atoms with van der Waals surface area (Å²) in [6.07, 6.45) is -4.68. The van der Waals surface area contributed by atoms with E-state index in [1.165, 1.54) is 19.9 Å². The molecule has 0 fully saturated rings. The SMILES string of the molecule is CCCOc1cc(C)c(Cl)c(C)c1C(O)(CC)C(F)(F)F. The fraction of sp³-hybridized carbons (Fsp3) is 0.600. The number of rotatable bonds is 5. The highest BCUT2D eigenvalue weighted by molar-refractivity contribution is 6.32. The Labute approximate surface area is 127 Å². The Balaban J connectivity index is 3.61. The fourth-order valence-corrected chi connectivity index (χ4v) is 2.43. The van der Waals surface area contributed by atoms with Crippen molar-refractivity contribution < 1.29 is 23.0 Å². The van der Waals surface area contributed by atoms with Crippen LogP contribution in [0.4, 0.5) is 13.2 Å². The lowest BCUT2D eigenvalue weighted by molar-refractivity contribution is -0.268. The van der Waals surface area contributed by atoms with Gasteiger partial charge in [0.05, 0.1) is 6.61 Å². The highest BCUT2D eigenvalue weighted by Crippen LogP contribution is 2.48. The second-order valence-electron chi connectivity index (χ2n) is 5.07. The number of hydrogen-bond donors (Lipinski definition) is 1. The number of aliphatic hydroxyl groups is 1. The van der Waals surface area contributed by atoms with E-state index in [1.54, 1.807) is 6.92 Å². The molecule has 0 aliphatic rings. The summed E-state index contributed by atoms with van der Waals surface area (Å²) in [5.74, 6) is 0.0397. The van der Waals surface area contributed by atoms with Crippen LogP contribution in [0, 0.1) is 13.8 Å². The molecule has 0 aliphatic heterocycles. The van der Waals surface area contributed by atoms with Gasteiger partial charge in [0.15, 0.2) is 5.60 Å². The van der Waals surface area contributed by atoms with Gasteiger partial charge in [0.2, 0.25) is 0 Å². The molecule has 0 spiro atoms. The minimum Gasteiger partial charge on any atom is -0.493 e. The molecule has 21 heavy (non-hydrogen) atoms. The van der Waals surface area contributed by atoms with Crippen molar-refractivity contribution in [1.82, 2.24) is 0 Å². The maximum absolute atomic E-state index is 13.4. The summed E-state index contributed by atoms with van der Waals surface area (Å²) in [5.41, 5.74) is -2.45. The summed E-state index contributed by atoms with van der Waals surface area (Å²) in [6, 6.07) is 1.45. The minimum absolute atomic E-state index is 0.0397. The summed E-state index contributed by atoms with van der Waals surface area (Å²) < 4.78 is 45.5. The smallest absolute Gasteiger partial charge is 0.421 e. The van der Waals surface area contributed by atoms with Crippen LogP contribution in [0.25, 0.3) is 0 Å². The number of alkyl halides is 3. The Hall–Kier alpha value is -0.940. The van der Waals surface area contributed by atoms with Crippen molar-refractivity contribution in [2.24, 2.45) is 0 Å². The molecule has 0 heterocycles. The Morgan fingerprint density at radius 1 is 1.24 bits per heavy atom. The Morgan fingerprint density at radius 2 is 1.81 bits per heavy atom. The topological polar surface area (TPSA) is 29.5 Å². The van der Waals surface area contributed by atoms with Gasteiger partial charge in [-0.25, -0.2) is 0 Å². The van der Waals surface area contributed by atoms with E-state index in [4.69, 9.17) is 16.3 Å². The molecule has 6 heteroatoms. The lowest BCUT2D eigenvalue weighted by Gasteiger charge is -2.33. The van der Waals surface area contributed by atoms with E-state index in [0.717, 1.165) is 0 Å². The van der Waals surface area contributed by atoms with Crippen LogP contribution >= 0.6 is 11.6 Å².